The van der Waals surface area contributed by atoms with Gasteiger partial charge in [0, 0.05) is 12.6 Å². The Morgan fingerprint density at radius 2 is 1.77 bits per heavy atom. The molecule has 0 saturated heterocycles. The number of carbonyl (C=O) groups is 3. The van der Waals surface area contributed by atoms with Crippen LogP contribution in [0.1, 0.15) is 84.4 Å². The first-order valence-corrected chi connectivity index (χ1v) is 14.0. The molecule has 0 fully saturated rings. The molecule has 0 heterocycles. The van der Waals surface area contributed by atoms with E-state index in [0.29, 0.717) is 18.7 Å². The smallest absolute Gasteiger partial charge is 0.408 e. The fourth-order valence-electron chi connectivity index (χ4n) is 3.80. The van der Waals surface area contributed by atoms with Crippen molar-refractivity contribution in [3.63, 3.8) is 0 Å². The first-order valence-electron chi connectivity index (χ1n) is 12.6. The van der Waals surface area contributed by atoms with Gasteiger partial charge in [0.05, 0.1) is 0 Å². The fraction of sp³-hybridized carbons (Fsp3) is 0.667. The average molecular weight is 508 g/mol. The molecule has 1 aromatic rings. The number of ether oxygens (including phenoxy) is 1. The van der Waals surface area contributed by atoms with Crippen molar-refractivity contribution in [3.8, 4) is 0 Å². The van der Waals surface area contributed by atoms with Crippen molar-refractivity contribution in [2.75, 3.05) is 18.6 Å². The molecule has 0 spiro atoms. The molecule has 0 aromatic heterocycles. The number of aryl methyl sites for hydroxylation is 1. The number of nitrogens with zero attached hydrogens (tertiary/aromatic N) is 1. The molecular weight excluding hydrogens is 462 g/mol. The molecular formula is C27H45N3O4S. The van der Waals surface area contributed by atoms with E-state index in [1.165, 1.54) is 0 Å². The van der Waals surface area contributed by atoms with Crippen LogP contribution in [0.15, 0.2) is 24.3 Å². The third-order valence-corrected chi connectivity index (χ3v) is 6.14. The minimum absolute atomic E-state index is 0.210. The summed E-state index contributed by atoms with van der Waals surface area (Å²) in [6.07, 6.45) is 4.71. The summed E-state index contributed by atoms with van der Waals surface area (Å²) in [7, 11) is 0. The van der Waals surface area contributed by atoms with Crippen LogP contribution >= 0.6 is 11.8 Å². The lowest BCUT2D eigenvalue weighted by Crippen LogP contribution is -2.55. The van der Waals surface area contributed by atoms with E-state index in [1.54, 1.807) is 37.4 Å². The summed E-state index contributed by atoms with van der Waals surface area (Å²) < 4.78 is 5.42. The SMILES string of the molecule is CCCCCNC(=O)C(c1ccccc1C)N(C(=O)C(CCSC)NC(=O)OC(C)(C)C)C(C)C. The topological polar surface area (TPSA) is 87.7 Å². The van der Waals surface area contributed by atoms with Crippen molar-refractivity contribution < 1.29 is 19.1 Å². The molecule has 0 aliphatic rings. The Kier molecular flexibility index (Phi) is 13.2. The number of rotatable bonds is 13. The first-order chi connectivity index (χ1) is 16.4. The van der Waals surface area contributed by atoms with Gasteiger partial charge in [0.15, 0.2) is 0 Å². The molecule has 1 rings (SSSR count). The number of unbranched alkanes of at least 4 members (excludes halogenated alkanes) is 2. The van der Waals surface area contributed by atoms with Crippen LogP contribution in [0.25, 0.3) is 0 Å². The summed E-state index contributed by atoms with van der Waals surface area (Å²) in [4.78, 5) is 41.7. The predicted molar refractivity (Wildman–Crippen MR) is 145 cm³/mol. The van der Waals surface area contributed by atoms with E-state index in [4.69, 9.17) is 4.74 Å². The molecule has 8 heteroatoms. The quantitative estimate of drug-likeness (QED) is 0.357. The maximum Gasteiger partial charge on any atom is 0.408 e. The number of amides is 3. The standard InChI is InChI=1S/C27H45N3O4S/c1-9-10-13-17-28-24(31)23(21-15-12-11-14-20(21)4)30(19(2)3)25(32)22(16-18-35-8)29-26(33)34-27(5,6)7/h11-12,14-15,19,22-23H,9-10,13,16-18H2,1-8H3,(H,28,31)(H,29,33). The van der Waals surface area contributed by atoms with Crippen LogP contribution in [-0.2, 0) is 14.3 Å². The van der Waals surface area contributed by atoms with Gasteiger partial charge in [-0.05, 0) is 77.5 Å². The molecule has 3 amide bonds. The molecule has 0 radical (unpaired) electrons. The average Bonchev–Trinajstić information content (AvgIpc) is 2.76. The van der Waals surface area contributed by atoms with Crippen LogP contribution in [0.2, 0.25) is 0 Å². The highest BCUT2D eigenvalue weighted by Crippen LogP contribution is 2.28. The van der Waals surface area contributed by atoms with E-state index in [9.17, 15) is 14.4 Å². The van der Waals surface area contributed by atoms with Gasteiger partial charge in [-0.15, -0.1) is 0 Å². The molecule has 7 nitrogen and oxygen atoms in total. The monoisotopic (exact) mass is 507 g/mol. The highest BCUT2D eigenvalue weighted by Gasteiger charge is 2.38. The van der Waals surface area contributed by atoms with E-state index in [1.807, 2.05) is 51.3 Å². The zero-order chi connectivity index (χ0) is 26.6. The first kappa shape index (κ1) is 30.8. The van der Waals surface area contributed by atoms with Crippen LogP contribution in [-0.4, -0.2) is 59.0 Å². The van der Waals surface area contributed by atoms with Crippen molar-refractivity contribution in [1.82, 2.24) is 15.5 Å². The highest BCUT2D eigenvalue weighted by atomic mass is 32.2. The number of hydrogen-bond donors (Lipinski definition) is 2. The van der Waals surface area contributed by atoms with Crippen molar-refractivity contribution in [3.05, 3.63) is 35.4 Å². The molecule has 0 bridgehead atoms. The van der Waals surface area contributed by atoms with Crippen LogP contribution in [0, 0.1) is 6.92 Å². The van der Waals surface area contributed by atoms with E-state index in [-0.39, 0.29) is 17.9 Å². The molecule has 0 aliphatic carbocycles. The second-order valence-corrected chi connectivity index (χ2v) is 11.1. The molecule has 35 heavy (non-hydrogen) atoms. The Balaban J connectivity index is 3.36. The normalized spacial score (nSPS) is 13.2. The summed E-state index contributed by atoms with van der Waals surface area (Å²) in [5, 5.41) is 5.80. The van der Waals surface area contributed by atoms with Crippen LogP contribution < -0.4 is 10.6 Å². The number of nitrogens with one attached hydrogen (secondary N) is 2. The van der Waals surface area contributed by atoms with Crippen LogP contribution in [0.3, 0.4) is 0 Å². The number of thioether (sulfide) groups is 1. The van der Waals surface area contributed by atoms with Crippen LogP contribution in [0.4, 0.5) is 4.79 Å². The number of alkyl carbamates (subject to hydrolysis) is 1. The molecule has 2 N–H and O–H groups in total. The van der Waals surface area contributed by atoms with E-state index in [2.05, 4.69) is 17.6 Å². The Morgan fingerprint density at radius 3 is 2.31 bits per heavy atom. The summed E-state index contributed by atoms with van der Waals surface area (Å²) in [6, 6.07) is 5.76. The molecule has 0 saturated carbocycles. The molecule has 1 aromatic carbocycles. The van der Waals surface area contributed by atoms with Gasteiger partial charge in [0.2, 0.25) is 11.8 Å². The maximum atomic E-state index is 14.0. The minimum atomic E-state index is -0.806. The maximum absolute atomic E-state index is 14.0. The molecule has 2 unspecified atom stereocenters. The zero-order valence-electron chi connectivity index (χ0n) is 22.8. The Bertz CT molecular complexity index is 823. The van der Waals surface area contributed by atoms with E-state index < -0.39 is 23.8 Å². The van der Waals surface area contributed by atoms with Crippen molar-refractivity contribution in [2.24, 2.45) is 0 Å². The number of benzene rings is 1. The molecule has 2 atom stereocenters. The second kappa shape index (κ2) is 15.0. The van der Waals surface area contributed by atoms with Gasteiger partial charge in [-0.25, -0.2) is 4.79 Å². The molecule has 0 aliphatic heterocycles. The summed E-state index contributed by atoms with van der Waals surface area (Å²) in [6.45, 7) is 13.7. The van der Waals surface area contributed by atoms with E-state index in [0.717, 1.165) is 30.4 Å². The lowest BCUT2D eigenvalue weighted by molar-refractivity contribution is -0.144. The summed E-state index contributed by atoms with van der Waals surface area (Å²) >= 11 is 1.59. The highest BCUT2D eigenvalue weighted by molar-refractivity contribution is 7.98. The largest absolute Gasteiger partial charge is 0.444 e. The second-order valence-electron chi connectivity index (χ2n) is 10.1. The van der Waals surface area contributed by atoms with Gasteiger partial charge in [0.1, 0.15) is 17.7 Å². The van der Waals surface area contributed by atoms with Gasteiger partial charge in [-0.1, -0.05) is 44.0 Å². The number of carbonyl (C=O) groups excluding carboxylic acids is 3. The number of hydrogen-bond acceptors (Lipinski definition) is 5. The lowest BCUT2D eigenvalue weighted by Gasteiger charge is -2.37. The molecule has 198 valence electrons. The van der Waals surface area contributed by atoms with Crippen molar-refractivity contribution >= 4 is 29.7 Å². The fourth-order valence-corrected chi connectivity index (χ4v) is 4.27. The predicted octanol–water partition coefficient (Wildman–Crippen LogP) is 5.23. The third kappa shape index (κ3) is 10.5. The lowest BCUT2D eigenvalue weighted by atomic mass is 9.96. The summed E-state index contributed by atoms with van der Waals surface area (Å²) in [5.74, 6) is 0.173. The minimum Gasteiger partial charge on any atom is -0.444 e. The van der Waals surface area contributed by atoms with E-state index >= 15 is 0 Å². The van der Waals surface area contributed by atoms with Gasteiger partial charge in [0.25, 0.3) is 0 Å². The van der Waals surface area contributed by atoms with Crippen molar-refractivity contribution in [1.29, 1.82) is 0 Å². The Labute approximate surface area is 216 Å². The van der Waals surface area contributed by atoms with Gasteiger partial charge < -0.3 is 20.3 Å². The summed E-state index contributed by atoms with van der Waals surface area (Å²) in [5.41, 5.74) is 1.03. The Morgan fingerprint density at radius 1 is 1.11 bits per heavy atom. The van der Waals surface area contributed by atoms with Gasteiger partial charge >= 0.3 is 6.09 Å². The third-order valence-electron chi connectivity index (χ3n) is 5.50. The Hall–Kier alpha value is -2.22. The zero-order valence-corrected chi connectivity index (χ0v) is 23.6. The van der Waals surface area contributed by atoms with Gasteiger partial charge in [-0.2, -0.15) is 11.8 Å². The van der Waals surface area contributed by atoms with Crippen LogP contribution in [0.5, 0.6) is 0 Å². The van der Waals surface area contributed by atoms with Crippen molar-refractivity contribution in [2.45, 2.75) is 97.9 Å². The van der Waals surface area contributed by atoms with Gasteiger partial charge in [-0.3, -0.25) is 9.59 Å².